The third kappa shape index (κ3) is 5.67. The Morgan fingerprint density at radius 3 is 2.48 bits per heavy atom. The van der Waals surface area contributed by atoms with E-state index in [2.05, 4.69) is 0 Å². The molecule has 6 nitrogen and oxygen atoms in total. The number of hydrogen-bond donors (Lipinski definition) is 2. The molecule has 0 bridgehead atoms. The van der Waals surface area contributed by atoms with Crippen LogP contribution in [0.1, 0.15) is 25.3 Å². The van der Waals surface area contributed by atoms with Crippen molar-refractivity contribution >= 4 is 16.1 Å². The standard InChI is InChI=1S/C13H22O6P2/c1-2-19-13(20-14,21(15,16)17)9-6-10-18-11-12-7-4-3-5-8-12/h3-5,7-8H,2,6,9-11,20H2,1H3,(H2,15,16,17). The fourth-order valence-electron chi connectivity index (χ4n) is 1.91. The molecule has 1 rings (SSSR count). The quantitative estimate of drug-likeness (QED) is 0.504. The molecule has 1 aromatic carbocycles. The van der Waals surface area contributed by atoms with Gasteiger partial charge in [-0.1, -0.05) is 30.3 Å². The van der Waals surface area contributed by atoms with Crippen LogP contribution in [-0.2, 0) is 25.2 Å². The molecule has 0 saturated heterocycles. The van der Waals surface area contributed by atoms with Crippen molar-refractivity contribution in [2.75, 3.05) is 13.2 Å². The first-order valence-corrected chi connectivity index (χ1v) is 9.39. The van der Waals surface area contributed by atoms with Crippen LogP contribution in [-0.4, -0.2) is 28.1 Å². The maximum atomic E-state index is 11.5. The molecule has 2 N–H and O–H groups in total. The second-order valence-corrected chi connectivity index (χ2v) is 8.08. The van der Waals surface area contributed by atoms with Crippen molar-refractivity contribution in [1.29, 1.82) is 0 Å². The van der Waals surface area contributed by atoms with Crippen LogP contribution in [0.5, 0.6) is 0 Å². The lowest BCUT2D eigenvalue weighted by Crippen LogP contribution is -2.26. The zero-order chi connectivity index (χ0) is 15.8. The fourth-order valence-corrected chi connectivity index (χ4v) is 3.76. The minimum Gasteiger partial charge on any atom is -0.377 e. The van der Waals surface area contributed by atoms with Crippen LogP contribution in [0.25, 0.3) is 0 Å². The largest absolute Gasteiger partial charge is 0.377 e. The van der Waals surface area contributed by atoms with Crippen molar-refractivity contribution in [3.05, 3.63) is 35.9 Å². The van der Waals surface area contributed by atoms with Gasteiger partial charge in [0.05, 0.1) is 6.61 Å². The van der Waals surface area contributed by atoms with Crippen molar-refractivity contribution in [3.63, 3.8) is 0 Å². The molecule has 0 spiro atoms. The van der Waals surface area contributed by atoms with Gasteiger partial charge in [-0.3, -0.25) is 4.57 Å². The highest BCUT2D eigenvalue weighted by Crippen LogP contribution is 2.59. The molecular formula is C13H22O6P2. The van der Waals surface area contributed by atoms with Crippen molar-refractivity contribution in [2.24, 2.45) is 0 Å². The number of hydrogen-bond acceptors (Lipinski definition) is 4. The zero-order valence-corrected chi connectivity index (χ0v) is 14.0. The topological polar surface area (TPSA) is 93.1 Å². The lowest BCUT2D eigenvalue weighted by atomic mass is 10.2. The van der Waals surface area contributed by atoms with Gasteiger partial charge in [-0.15, -0.1) is 0 Å². The van der Waals surface area contributed by atoms with E-state index in [9.17, 15) is 18.9 Å². The van der Waals surface area contributed by atoms with E-state index in [4.69, 9.17) is 9.47 Å². The summed E-state index contributed by atoms with van der Waals surface area (Å²) in [4.78, 5) is 18.7. The lowest BCUT2D eigenvalue weighted by molar-refractivity contribution is 0.0478. The third-order valence-corrected chi connectivity index (χ3v) is 6.49. The first-order valence-electron chi connectivity index (χ1n) is 6.73. The van der Waals surface area contributed by atoms with Crippen molar-refractivity contribution in [3.8, 4) is 0 Å². The van der Waals surface area contributed by atoms with Gasteiger partial charge in [0, 0.05) is 13.2 Å². The fraction of sp³-hybridized carbons (Fsp3) is 0.538. The number of benzene rings is 1. The van der Waals surface area contributed by atoms with E-state index in [0.717, 1.165) is 5.56 Å². The average Bonchev–Trinajstić information content (AvgIpc) is 2.45. The molecule has 8 heteroatoms. The van der Waals surface area contributed by atoms with Gasteiger partial charge in [0.15, 0.2) is 0 Å². The number of ether oxygens (including phenoxy) is 2. The lowest BCUT2D eigenvalue weighted by Gasteiger charge is -2.29. The molecule has 0 aliphatic heterocycles. The summed E-state index contributed by atoms with van der Waals surface area (Å²) in [7, 11) is -6.33. The average molecular weight is 336 g/mol. The summed E-state index contributed by atoms with van der Waals surface area (Å²) in [6, 6.07) is 9.60. The minimum atomic E-state index is -4.58. The van der Waals surface area contributed by atoms with E-state index in [0.29, 0.717) is 19.6 Å². The molecule has 120 valence electrons. The minimum absolute atomic E-state index is 0.0126. The van der Waals surface area contributed by atoms with E-state index < -0.39 is 21.1 Å². The predicted octanol–water partition coefficient (Wildman–Crippen LogP) is 2.61. The summed E-state index contributed by atoms with van der Waals surface area (Å²) in [6.45, 7) is 2.47. The van der Waals surface area contributed by atoms with Crippen molar-refractivity contribution < 1.29 is 28.4 Å². The molecule has 0 saturated carbocycles. The van der Waals surface area contributed by atoms with Gasteiger partial charge in [0.25, 0.3) is 0 Å². The molecule has 0 aromatic heterocycles. The van der Waals surface area contributed by atoms with E-state index >= 15 is 0 Å². The second kappa shape index (κ2) is 8.84. The SMILES string of the molecule is CCOC(CCCOCc1ccccc1)([PH2]=O)P(=O)(O)O. The van der Waals surface area contributed by atoms with Gasteiger partial charge in [-0.05, 0) is 25.3 Å². The second-order valence-electron chi connectivity index (χ2n) is 4.58. The molecule has 0 heterocycles. The molecule has 0 radical (unpaired) electrons. The smallest absolute Gasteiger partial charge is 0.364 e. The van der Waals surface area contributed by atoms with Crippen molar-refractivity contribution in [2.45, 2.75) is 31.5 Å². The van der Waals surface area contributed by atoms with Crippen LogP contribution in [0, 0.1) is 0 Å². The van der Waals surface area contributed by atoms with Crippen LogP contribution in [0.3, 0.4) is 0 Å². The van der Waals surface area contributed by atoms with E-state index in [1.807, 2.05) is 30.3 Å². The molecular weight excluding hydrogens is 314 g/mol. The maximum absolute atomic E-state index is 11.5. The summed E-state index contributed by atoms with van der Waals surface area (Å²) < 4.78 is 33.4. The van der Waals surface area contributed by atoms with Gasteiger partial charge in [0.2, 0.25) is 5.08 Å². The monoisotopic (exact) mass is 336 g/mol. The Kier molecular flexibility index (Phi) is 7.82. The van der Waals surface area contributed by atoms with Crippen LogP contribution in [0.15, 0.2) is 30.3 Å². The molecule has 0 amide bonds. The van der Waals surface area contributed by atoms with E-state index in [-0.39, 0.29) is 13.0 Å². The van der Waals surface area contributed by atoms with Gasteiger partial charge in [-0.25, -0.2) is 0 Å². The molecule has 2 unspecified atom stereocenters. The van der Waals surface area contributed by atoms with Crippen LogP contribution < -0.4 is 0 Å². The summed E-state index contributed by atoms with van der Waals surface area (Å²) in [5, 5.41) is -1.85. The zero-order valence-electron chi connectivity index (χ0n) is 12.0. The van der Waals surface area contributed by atoms with Crippen LogP contribution in [0.4, 0.5) is 0 Å². The highest BCUT2D eigenvalue weighted by molar-refractivity contribution is 7.63. The van der Waals surface area contributed by atoms with Crippen LogP contribution in [0.2, 0.25) is 0 Å². The van der Waals surface area contributed by atoms with Gasteiger partial charge >= 0.3 is 7.60 Å². The first kappa shape index (κ1) is 18.6. The van der Waals surface area contributed by atoms with Gasteiger partial charge < -0.3 is 23.8 Å². The van der Waals surface area contributed by atoms with Crippen molar-refractivity contribution in [1.82, 2.24) is 0 Å². The van der Waals surface area contributed by atoms with Gasteiger partial charge in [-0.2, -0.15) is 0 Å². The molecule has 0 fully saturated rings. The molecule has 2 atom stereocenters. The van der Waals surface area contributed by atoms with Crippen LogP contribution >= 0.6 is 16.1 Å². The Morgan fingerprint density at radius 1 is 1.29 bits per heavy atom. The third-order valence-electron chi connectivity index (χ3n) is 3.01. The van der Waals surface area contributed by atoms with E-state index in [1.165, 1.54) is 0 Å². The van der Waals surface area contributed by atoms with Gasteiger partial charge in [0.1, 0.15) is 8.46 Å². The Morgan fingerprint density at radius 2 is 1.95 bits per heavy atom. The highest BCUT2D eigenvalue weighted by Gasteiger charge is 2.46. The summed E-state index contributed by atoms with van der Waals surface area (Å²) >= 11 is 0. The molecule has 1 aromatic rings. The number of rotatable bonds is 10. The Labute approximate surface area is 125 Å². The summed E-state index contributed by atoms with van der Waals surface area (Å²) in [5.41, 5.74) is 1.03. The molecule has 0 aliphatic carbocycles. The normalized spacial score (nSPS) is 15.4. The van der Waals surface area contributed by atoms with E-state index in [1.54, 1.807) is 6.92 Å². The summed E-state index contributed by atoms with van der Waals surface area (Å²) in [5.74, 6) is 0. The Balaban J connectivity index is 2.44. The predicted molar refractivity (Wildman–Crippen MR) is 82.1 cm³/mol. The highest BCUT2D eigenvalue weighted by atomic mass is 31.2. The Hall–Kier alpha value is -0.480. The Bertz CT molecular complexity index is 475. The summed E-state index contributed by atoms with van der Waals surface area (Å²) in [6.07, 6.45) is 0.381. The first-order chi connectivity index (χ1) is 9.95. The maximum Gasteiger partial charge on any atom is 0.364 e. The molecule has 0 aliphatic rings. The molecule has 21 heavy (non-hydrogen) atoms.